The highest BCUT2D eigenvalue weighted by Crippen LogP contribution is 2.30. The van der Waals surface area contributed by atoms with E-state index in [9.17, 15) is 4.79 Å². The highest BCUT2D eigenvalue weighted by molar-refractivity contribution is 5.82. The summed E-state index contributed by atoms with van der Waals surface area (Å²) in [6, 6.07) is 0. The number of piperidine rings is 1. The number of hydrogen-bond donors (Lipinski definition) is 0. The van der Waals surface area contributed by atoms with Gasteiger partial charge >= 0.3 is 0 Å². The highest BCUT2D eigenvalue weighted by Gasteiger charge is 2.28. The van der Waals surface area contributed by atoms with E-state index >= 15 is 0 Å². The lowest BCUT2D eigenvalue weighted by Crippen LogP contribution is -2.41. The third-order valence-electron chi connectivity index (χ3n) is 4.20. The van der Waals surface area contributed by atoms with Crippen molar-refractivity contribution in [2.45, 2.75) is 52.4 Å². The van der Waals surface area contributed by atoms with Crippen LogP contribution in [0.4, 0.5) is 0 Å². The van der Waals surface area contributed by atoms with Crippen molar-refractivity contribution in [2.24, 2.45) is 11.3 Å². The summed E-state index contributed by atoms with van der Waals surface area (Å²) in [5, 5.41) is 0. The molecule has 92 valence electrons. The molecule has 0 bridgehead atoms. The van der Waals surface area contributed by atoms with Crippen LogP contribution in [0.3, 0.4) is 0 Å². The van der Waals surface area contributed by atoms with Crippen molar-refractivity contribution >= 4 is 5.78 Å². The molecular weight excluding hydrogens is 198 g/mol. The van der Waals surface area contributed by atoms with E-state index in [0.717, 1.165) is 32.2 Å². The zero-order chi connectivity index (χ0) is 11.6. The fourth-order valence-electron chi connectivity index (χ4n) is 3.27. The van der Waals surface area contributed by atoms with E-state index in [-0.39, 0.29) is 0 Å². The van der Waals surface area contributed by atoms with Crippen LogP contribution in [0.5, 0.6) is 0 Å². The van der Waals surface area contributed by atoms with Gasteiger partial charge in [0, 0.05) is 18.9 Å². The molecule has 0 spiro atoms. The average Bonchev–Trinajstić information content (AvgIpc) is 2.60. The Morgan fingerprint density at radius 2 is 2.19 bits per heavy atom. The van der Waals surface area contributed by atoms with Crippen LogP contribution in [0.2, 0.25) is 0 Å². The monoisotopic (exact) mass is 223 g/mol. The molecule has 2 nitrogen and oxygen atoms in total. The second kappa shape index (κ2) is 4.87. The lowest BCUT2D eigenvalue weighted by atomic mass is 9.84. The topological polar surface area (TPSA) is 20.3 Å². The number of Topliss-reactive ketones (excluding diaryl/α,β-unsaturated/α-hetero) is 1. The molecule has 1 saturated heterocycles. The van der Waals surface area contributed by atoms with Gasteiger partial charge in [0.05, 0.1) is 0 Å². The van der Waals surface area contributed by atoms with Gasteiger partial charge in [0.1, 0.15) is 5.78 Å². The molecule has 1 unspecified atom stereocenters. The number of likely N-dealkylation sites (tertiary alicyclic amines) is 1. The van der Waals surface area contributed by atoms with Crippen LogP contribution < -0.4 is 0 Å². The summed E-state index contributed by atoms with van der Waals surface area (Å²) < 4.78 is 0. The lowest BCUT2D eigenvalue weighted by Gasteiger charge is -2.38. The minimum absolute atomic E-state index is 0.394. The first-order chi connectivity index (χ1) is 7.57. The first kappa shape index (κ1) is 12.1. The quantitative estimate of drug-likeness (QED) is 0.733. The summed E-state index contributed by atoms with van der Waals surface area (Å²) >= 11 is 0. The molecule has 1 saturated carbocycles. The van der Waals surface area contributed by atoms with E-state index in [2.05, 4.69) is 18.7 Å². The van der Waals surface area contributed by atoms with Crippen LogP contribution in [0.15, 0.2) is 0 Å². The minimum Gasteiger partial charge on any atom is -0.303 e. The molecule has 2 heteroatoms. The fourth-order valence-corrected chi connectivity index (χ4v) is 3.27. The third kappa shape index (κ3) is 3.07. The summed E-state index contributed by atoms with van der Waals surface area (Å²) in [4.78, 5) is 14.1. The Morgan fingerprint density at radius 3 is 2.81 bits per heavy atom. The number of rotatable bonds is 3. The van der Waals surface area contributed by atoms with E-state index in [1.807, 2.05) is 0 Å². The second-order valence-electron chi connectivity index (χ2n) is 6.39. The summed E-state index contributed by atoms with van der Waals surface area (Å²) in [6.07, 6.45) is 6.91. The van der Waals surface area contributed by atoms with Crippen LogP contribution in [0.25, 0.3) is 0 Å². The van der Waals surface area contributed by atoms with Gasteiger partial charge < -0.3 is 4.90 Å². The van der Waals surface area contributed by atoms with E-state index < -0.39 is 0 Å². The van der Waals surface area contributed by atoms with E-state index in [4.69, 9.17) is 0 Å². The van der Waals surface area contributed by atoms with Gasteiger partial charge in [-0.1, -0.05) is 13.8 Å². The van der Waals surface area contributed by atoms with Crippen molar-refractivity contribution in [1.29, 1.82) is 0 Å². The summed E-state index contributed by atoms with van der Waals surface area (Å²) in [5.74, 6) is 0.918. The number of carbonyl (C=O) groups excluding carboxylic acids is 1. The fraction of sp³-hybridized carbons (Fsp3) is 0.929. The first-order valence-corrected chi connectivity index (χ1v) is 6.82. The number of carbonyl (C=O) groups is 1. The molecule has 2 aliphatic rings. The molecule has 0 aromatic carbocycles. The van der Waals surface area contributed by atoms with Gasteiger partial charge in [-0.15, -0.1) is 0 Å². The molecule has 0 aromatic rings. The highest BCUT2D eigenvalue weighted by atomic mass is 16.1. The minimum atomic E-state index is 0.394. The molecule has 0 radical (unpaired) electrons. The maximum absolute atomic E-state index is 11.6. The Hall–Kier alpha value is -0.370. The zero-order valence-corrected chi connectivity index (χ0v) is 10.8. The van der Waals surface area contributed by atoms with Crippen LogP contribution in [0, 0.1) is 11.3 Å². The molecule has 1 atom stereocenters. The molecule has 0 aromatic heterocycles. The van der Waals surface area contributed by atoms with Gasteiger partial charge in [-0.05, 0) is 50.6 Å². The van der Waals surface area contributed by atoms with E-state index in [0.29, 0.717) is 17.1 Å². The van der Waals surface area contributed by atoms with Crippen LogP contribution in [-0.4, -0.2) is 30.3 Å². The largest absolute Gasteiger partial charge is 0.303 e. The smallest absolute Gasteiger partial charge is 0.136 e. The normalized spacial score (nSPS) is 30.9. The maximum Gasteiger partial charge on any atom is 0.136 e. The van der Waals surface area contributed by atoms with Crippen molar-refractivity contribution in [3.05, 3.63) is 0 Å². The van der Waals surface area contributed by atoms with Gasteiger partial charge in [0.25, 0.3) is 0 Å². The van der Waals surface area contributed by atoms with E-state index in [1.54, 1.807) is 0 Å². The van der Waals surface area contributed by atoms with Crippen molar-refractivity contribution in [3.63, 3.8) is 0 Å². The van der Waals surface area contributed by atoms with Crippen molar-refractivity contribution in [2.75, 3.05) is 19.6 Å². The van der Waals surface area contributed by atoms with Crippen molar-refractivity contribution in [1.82, 2.24) is 4.90 Å². The zero-order valence-electron chi connectivity index (χ0n) is 10.8. The molecular formula is C14H25NO. The Balaban J connectivity index is 1.75. The second-order valence-corrected chi connectivity index (χ2v) is 6.39. The molecule has 1 aliphatic heterocycles. The van der Waals surface area contributed by atoms with E-state index in [1.165, 1.54) is 25.9 Å². The molecule has 2 rings (SSSR count). The molecule has 2 fully saturated rings. The maximum atomic E-state index is 11.6. The Morgan fingerprint density at radius 1 is 1.38 bits per heavy atom. The molecule has 1 aliphatic carbocycles. The standard InChI is InChI=1S/C14H25NO/c1-14(2)8-4-9-15(11-14)10-7-12-5-3-6-13(12)16/h12H,3-11H2,1-2H3. The molecule has 0 amide bonds. The van der Waals surface area contributed by atoms with Crippen LogP contribution >= 0.6 is 0 Å². The predicted molar refractivity (Wildman–Crippen MR) is 66.4 cm³/mol. The Bertz CT molecular complexity index is 259. The van der Waals surface area contributed by atoms with Crippen LogP contribution in [0.1, 0.15) is 52.4 Å². The molecule has 16 heavy (non-hydrogen) atoms. The van der Waals surface area contributed by atoms with Crippen molar-refractivity contribution < 1.29 is 4.79 Å². The number of ketones is 1. The van der Waals surface area contributed by atoms with Gasteiger partial charge in [-0.2, -0.15) is 0 Å². The first-order valence-electron chi connectivity index (χ1n) is 6.82. The SMILES string of the molecule is CC1(C)CCCN(CCC2CCCC2=O)C1. The Labute approximate surface area is 99.4 Å². The summed E-state index contributed by atoms with van der Waals surface area (Å²) in [5.41, 5.74) is 0.484. The third-order valence-corrected chi connectivity index (χ3v) is 4.20. The summed E-state index contributed by atoms with van der Waals surface area (Å²) in [7, 11) is 0. The van der Waals surface area contributed by atoms with Crippen molar-refractivity contribution in [3.8, 4) is 0 Å². The number of nitrogens with zero attached hydrogens (tertiary/aromatic N) is 1. The van der Waals surface area contributed by atoms with Gasteiger partial charge in [0.2, 0.25) is 0 Å². The molecule has 0 N–H and O–H groups in total. The summed E-state index contributed by atoms with van der Waals surface area (Å²) in [6.45, 7) is 8.32. The Kier molecular flexibility index (Phi) is 3.68. The van der Waals surface area contributed by atoms with Gasteiger partial charge in [-0.25, -0.2) is 0 Å². The van der Waals surface area contributed by atoms with Gasteiger partial charge in [0.15, 0.2) is 0 Å². The average molecular weight is 223 g/mol. The van der Waals surface area contributed by atoms with Crippen LogP contribution in [-0.2, 0) is 4.79 Å². The predicted octanol–water partition coefficient (Wildman–Crippen LogP) is 2.87. The lowest BCUT2D eigenvalue weighted by molar-refractivity contribution is -0.120. The number of hydrogen-bond acceptors (Lipinski definition) is 2. The van der Waals surface area contributed by atoms with Gasteiger partial charge in [-0.3, -0.25) is 4.79 Å². The molecule has 1 heterocycles.